The molecule has 0 saturated heterocycles. The van der Waals surface area contributed by atoms with E-state index in [1.807, 2.05) is 13.8 Å². The maximum Gasteiger partial charge on any atom is 0.408 e. The third kappa shape index (κ3) is 8.43. The predicted octanol–water partition coefficient (Wildman–Crippen LogP) is 4.94. The Morgan fingerprint density at radius 2 is 1.92 bits per heavy atom. The number of nitrogens with zero attached hydrogens (tertiary/aromatic N) is 1. The van der Waals surface area contributed by atoms with Crippen LogP contribution in [0.2, 0.25) is 0 Å². The fourth-order valence-corrected chi connectivity index (χ4v) is 2.09. The normalized spacial score (nSPS) is 15.0. The first-order chi connectivity index (χ1) is 12.2. The number of anilines is 1. The van der Waals surface area contributed by atoms with Gasteiger partial charge in [0.1, 0.15) is 5.76 Å². The van der Waals surface area contributed by atoms with Gasteiger partial charge in [-0.05, 0) is 25.1 Å². The molecule has 1 aliphatic carbocycles. The third-order valence-electron chi connectivity index (χ3n) is 3.17. The maximum absolute atomic E-state index is 10.7. The summed E-state index contributed by atoms with van der Waals surface area (Å²) in [5.74, 6) is 0.122. The molecule has 0 saturated carbocycles. The molecule has 1 aromatic rings. The molecule has 0 radical (unpaired) electrons. The Balaban J connectivity index is 0.000000458. The van der Waals surface area contributed by atoms with Crippen LogP contribution in [0.15, 0.2) is 47.9 Å². The summed E-state index contributed by atoms with van der Waals surface area (Å²) in [6, 6.07) is 6.94. The molecule has 7 nitrogen and oxygen atoms in total. The molecule has 0 heterocycles. The first kappa shape index (κ1) is 23.3. The van der Waals surface area contributed by atoms with Crippen molar-refractivity contribution in [2.24, 2.45) is 5.92 Å². The molecule has 8 heteroatoms. The highest BCUT2D eigenvalue weighted by atomic mass is 35.5. The maximum atomic E-state index is 10.7. The SMILES string of the molecule is CC.CC(=O)c1cccc(N)c1.CC1CC(OC(=O)Cl)=CC=C1[N+](=O)[O-]. The number of Topliss-reactive ketones (excluding diaryl/α,β-unsaturated/α-hetero) is 1. The molecule has 1 aromatic carbocycles. The van der Waals surface area contributed by atoms with Gasteiger partial charge >= 0.3 is 5.43 Å². The van der Waals surface area contributed by atoms with Crippen molar-refractivity contribution >= 4 is 28.5 Å². The number of rotatable bonds is 3. The number of allylic oxidation sites excluding steroid dienone is 4. The number of nitrogen functional groups attached to an aromatic ring is 1. The number of carbonyl (C=O) groups excluding carboxylic acids is 2. The second-order valence-electron chi connectivity index (χ2n) is 5.11. The van der Waals surface area contributed by atoms with Crippen molar-refractivity contribution in [3.63, 3.8) is 0 Å². The first-order valence-electron chi connectivity index (χ1n) is 7.99. The summed E-state index contributed by atoms with van der Waals surface area (Å²) < 4.78 is 4.61. The highest BCUT2D eigenvalue weighted by molar-refractivity contribution is 6.61. The lowest BCUT2D eigenvalue weighted by molar-refractivity contribution is -0.433. The second kappa shape index (κ2) is 11.8. The topological polar surface area (TPSA) is 113 Å². The number of hydrogen-bond donors (Lipinski definition) is 1. The Labute approximate surface area is 157 Å². The molecular weight excluding hydrogens is 360 g/mol. The monoisotopic (exact) mass is 382 g/mol. The highest BCUT2D eigenvalue weighted by Crippen LogP contribution is 2.26. The Morgan fingerprint density at radius 1 is 1.31 bits per heavy atom. The van der Waals surface area contributed by atoms with E-state index in [4.69, 9.17) is 17.3 Å². The van der Waals surface area contributed by atoms with Crippen LogP contribution in [-0.2, 0) is 4.74 Å². The van der Waals surface area contributed by atoms with E-state index < -0.39 is 10.4 Å². The summed E-state index contributed by atoms with van der Waals surface area (Å²) in [6.45, 7) is 7.21. The van der Waals surface area contributed by atoms with Crippen molar-refractivity contribution in [1.29, 1.82) is 0 Å². The van der Waals surface area contributed by atoms with Gasteiger partial charge in [0.05, 0.1) is 10.8 Å². The molecule has 0 aromatic heterocycles. The quantitative estimate of drug-likeness (QED) is 0.260. The lowest BCUT2D eigenvalue weighted by Crippen LogP contribution is -2.14. The average molecular weight is 383 g/mol. The van der Waals surface area contributed by atoms with E-state index in [1.165, 1.54) is 19.1 Å². The van der Waals surface area contributed by atoms with Crippen LogP contribution < -0.4 is 5.73 Å². The zero-order valence-corrected chi connectivity index (χ0v) is 15.9. The minimum Gasteiger partial charge on any atom is -0.419 e. The van der Waals surface area contributed by atoms with Crippen LogP contribution in [0, 0.1) is 16.0 Å². The Hall–Kier alpha value is -2.67. The minimum absolute atomic E-state index is 0.0484. The van der Waals surface area contributed by atoms with Gasteiger partial charge < -0.3 is 10.5 Å². The lowest BCUT2D eigenvalue weighted by atomic mass is 9.98. The summed E-state index contributed by atoms with van der Waals surface area (Å²) >= 11 is 5.00. The molecule has 0 bridgehead atoms. The van der Waals surface area contributed by atoms with E-state index in [1.54, 1.807) is 31.2 Å². The largest absolute Gasteiger partial charge is 0.419 e. The second-order valence-corrected chi connectivity index (χ2v) is 5.42. The fourth-order valence-electron chi connectivity index (χ4n) is 1.99. The van der Waals surface area contributed by atoms with E-state index in [0.29, 0.717) is 23.4 Å². The standard InChI is InChI=1S/C8H8ClNO4.C8H9NO.C2H6/c1-5-4-6(14-8(9)11)2-3-7(5)10(12)13;1-6(10)7-3-2-4-8(9)5-7;1-2/h2-3,5H,4H2,1H3;2-5H,9H2,1H3;1-2H3. The summed E-state index contributed by atoms with van der Waals surface area (Å²) in [6.07, 6.45) is 3.02. The minimum atomic E-state index is -0.929. The van der Waals surface area contributed by atoms with Gasteiger partial charge in [0, 0.05) is 35.3 Å². The van der Waals surface area contributed by atoms with Crippen LogP contribution >= 0.6 is 11.6 Å². The van der Waals surface area contributed by atoms with Gasteiger partial charge in [0.25, 0.3) is 0 Å². The van der Waals surface area contributed by atoms with Crippen molar-refractivity contribution in [2.75, 3.05) is 5.73 Å². The molecule has 142 valence electrons. The third-order valence-corrected chi connectivity index (χ3v) is 3.24. The van der Waals surface area contributed by atoms with E-state index in [9.17, 15) is 19.7 Å². The molecule has 26 heavy (non-hydrogen) atoms. The zero-order valence-electron chi connectivity index (χ0n) is 15.2. The van der Waals surface area contributed by atoms with Crippen molar-refractivity contribution in [3.05, 3.63) is 63.6 Å². The van der Waals surface area contributed by atoms with Crippen LogP contribution in [0.25, 0.3) is 0 Å². The molecule has 0 aliphatic heterocycles. The van der Waals surface area contributed by atoms with Gasteiger partial charge in [-0.2, -0.15) is 0 Å². The summed E-state index contributed by atoms with van der Waals surface area (Å²) in [7, 11) is 0. The molecular formula is C18H23ClN2O5. The smallest absolute Gasteiger partial charge is 0.408 e. The summed E-state index contributed by atoms with van der Waals surface area (Å²) in [5.41, 5.74) is 5.92. The number of carbonyl (C=O) groups is 2. The van der Waals surface area contributed by atoms with Crippen LogP contribution in [0.5, 0.6) is 0 Å². The van der Waals surface area contributed by atoms with E-state index >= 15 is 0 Å². The molecule has 1 atom stereocenters. The van der Waals surface area contributed by atoms with Crippen molar-refractivity contribution in [1.82, 2.24) is 0 Å². The summed E-state index contributed by atoms with van der Waals surface area (Å²) in [5, 5.41) is 10.5. The van der Waals surface area contributed by atoms with Gasteiger partial charge in [-0.1, -0.05) is 32.9 Å². The van der Waals surface area contributed by atoms with Crippen molar-refractivity contribution in [2.45, 2.75) is 34.1 Å². The number of benzene rings is 1. The number of ketones is 1. The van der Waals surface area contributed by atoms with Crippen LogP contribution in [-0.4, -0.2) is 16.1 Å². The Bertz CT molecular complexity index is 713. The number of nitrogens with two attached hydrogens (primary N) is 1. The van der Waals surface area contributed by atoms with E-state index in [-0.39, 0.29) is 17.4 Å². The molecule has 0 fully saturated rings. The number of ether oxygens (including phenoxy) is 1. The Morgan fingerprint density at radius 3 is 2.31 bits per heavy atom. The molecule has 0 spiro atoms. The van der Waals surface area contributed by atoms with Crippen molar-refractivity contribution < 1.29 is 19.2 Å². The predicted molar refractivity (Wildman–Crippen MR) is 101 cm³/mol. The summed E-state index contributed by atoms with van der Waals surface area (Å²) in [4.78, 5) is 31.1. The fraction of sp³-hybridized carbons (Fsp3) is 0.333. The van der Waals surface area contributed by atoms with Crippen LogP contribution in [0.3, 0.4) is 0 Å². The number of halogens is 1. The van der Waals surface area contributed by atoms with Crippen molar-refractivity contribution in [3.8, 4) is 0 Å². The molecule has 2 rings (SSSR count). The van der Waals surface area contributed by atoms with Crippen LogP contribution in [0.1, 0.15) is 44.5 Å². The van der Waals surface area contributed by atoms with Crippen LogP contribution in [0.4, 0.5) is 10.5 Å². The van der Waals surface area contributed by atoms with Gasteiger partial charge in [0.15, 0.2) is 5.78 Å². The molecule has 0 amide bonds. The number of hydrogen-bond acceptors (Lipinski definition) is 6. The van der Waals surface area contributed by atoms with E-state index in [0.717, 1.165) is 0 Å². The number of nitro groups is 1. The van der Waals surface area contributed by atoms with Gasteiger partial charge in [0.2, 0.25) is 5.70 Å². The average Bonchev–Trinajstić information content (AvgIpc) is 2.56. The van der Waals surface area contributed by atoms with Gasteiger partial charge in [-0.25, -0.2) is 4.79 Å². The first-order valence-corrected chi connectivity index (χ1v) is 8.37. The zero-order chi connectivity index (χ0) is 20.3. The van der Waals surface area contributed by atoms with E-state index in [2.05, 4.69) is 4.74 Å². The highest BCUT2D eigenvalue weighted by Gasteiger charge is 2.25. The molecule has 2 N–H and O–H groups in total. The molecule has 1 unspecified atom stereocenters. The lowest BCUT2D eigenvalue weighted by Gasteiger charge is -2.14. The molecule has 1 aliphatic rings. The Kier molecular flexibility index (Phi) is 10.6. The van der Waals surface area contributed by atoms with Gasteiger partial charge in [-0.3, -0.25) is 14.9 Å². The van der Waals surface area contributed by atoms with Gasteiger partial charge in [-0.15, -0.1) is 0 Å².